The van der Waals surface area contributed by atoms with Crippen LogP contribution in [0.3, 0.4) is 0 Å². The van der Waals surface area contributed by atoms with Crippen LogP contribution in [0.1, 0.15) is 60.8 Å². The fourth-order valence-electron chi connectivity index (χ4n) is 3.83. The summed E-state index contributed by atoms with van der Waals surface area (Å²) in [5, 5.41) is 20.9. The summed E-state index contributed by atoms with van der Waals surface area (Å²) in [6.07, 6.45) is 2.76. The van der Waals surface area contributed by atoms with Crippen molar-refractivity contribution in [2.45, 2.75) is 66.4 Å². The molecule has 0 amide bonds. The van der Waals surface area contributed by atoms with Gasteiger partial charge in [-0.2, -0.15) is 0 Å². The maximum Gasteiger partial charge on any atom is 0.0733 e. The lowest BCUT2D eigenvalue weighted by molar-refractivity contribution is -0.173. The quantitative estimate of drug-likeness (QED) is 0.798. The first kappa shape index (κ1) is 15.0. The van der Waals surface area contributed by atoms with Crippen molar-refractivity contribution >= 4 is 0 Å². The maximum atomic E-state index is 11.1. The average molecular weight is 242 g/mol. The summed E-state index contributed by atoms with van der Waals surface area (Å²) in [6, 6.07) is 0. The van der Waals surface area contributed by atoms with Crippen molar-refractivity contribution in [1.29, 1.82) is 0 Å². The van der Waals surface area contributed by atoms with E-state index >= 15 is 0 Å². The van der Waals surface area contributed by atoms with Crippen molar-refractivity contribution < 1.29 is 10.2 Å². The third kappa shape index (κ3) is 2.68. The topological polar surface area (TPSA) is 40.5 Å². The van der Waals surface area contributed by atoms with Crippen LogP contribution in [-0.4, -0.2) is 22.4 Å². The number of aliphatic hydroxyl groups excluding tert-OH is 1. The lowest BCUT2D eigenvalue weighted by atomic mass is 9.54. The number of hydrogen-bond donors (Lipinski definition) is 2. The van der Waals surface area contributed by atoms with Gasteiger partial charge in [0, 0.05) is 5.41 Å². The van der Waals surface area contributed by atoms with E-state index in [1.165, 1.54) is 0 Å². The van der Waals surface area contributed by atoms with Gasteiger partial charge in [-0.3, -0.25) is 0 Å². The Balaban J connectivity index is 3.07. The van der Waals surface area contributed by atoms with E-state index in [0.717, 1.165) is 19.3 Å². The van der Waals surface area contributed by atoms with Gasteiger partial charge in [-0.05, 0) is 36.5 Å². The molecule has 2 N–H and O–H groups in total. The summed E-state index contributed by atoms with van der Waals surface area (Å²) in [5.41, 5.74) is -0.978. The summed E-state index contributed by atoms with van der Waals surface area (Å²) in [6.45, 7) is 13.0. The minimum absolute atomic E-state index is 0.0595. The van der Waals surface area contributed by atoms with Crippen molar-refractivity contribution in [3.63, 3.8) is 0 Å². The molecule has 1 fully saturated rings. The largest absolute Gasteiger partial charge is 0.396 e. The molecule has 2 nitrogen and oxygen atoms in total. The standard InChI is InChI=1S/C15H30O2/c1-11(2)14(6,10-16)15(17)8-12(3)7-13(4,5)9-15/h11-12,16-17H,7-10H2,1-6H3. The first-order chi connectivity index (χ1) is 7.56. The van der Waals surface area contributed by atoms with E-state index in [4.69, 9.17) is 0 Å². The van der Waals surface area contributed by atoms with Crippen molar-refractivity contribution in [3.8, 4) is 0 Å². The van der Waals surface area contributed by atoms with Gasteiger partial charge in [-0.1, -0.05) is 41.5 Å². The first-order valence-electron chi connectivity index (χ1n) is 6.89. The molecule has 0 aromatic carbocycles. The van der Waals surface area contributed by atoms with E-state index < -0.39 is 11.0 Å². The highest BCUT2D eigenvalue weighted by Gasteiger charge is 2.53. The molecule has 0 aromatic heterocycles. The molecule has 0 aromatic rings. The lowest BCUT2D eigenvalue weighted by Gasteiger charge is -2.54. The molecular formula is C15H30O2. The highest BCUT2D eigenvalue weighted by molar-refractivity contribution is 5.04. The monoisotopic (exact) mass is 242 g/mol. The number of hydrogen-bond acceptors (Lipinski definition) is 2. The van der Waals surface area contributed by atoms with Crippen LogP contribution in [0.4, 0.5) is 0 Å². The van der Waals surface area contributed by atoms with Gasteiger partial charge in [0.1, 0.15) is 0 Å². The molecule has 1 saturated carbocycles. The zero-order chi connectivity index (χ0) is 13.5. The van der Waals surface area contributed by atoms with Crippen LogP contribution in [0.25, 0.3) is 0 Å². The zero-order valence-electron chi connectivity index (χ0n) is 12.4. The molecule has 1 aliphatic rings. The van der Waals surface area contributed by atoms with Crippen LogP contribution in [0.5, 0.6) is 0 Å². The third-order valence-electron chi connectivity index (χ3n) is 5.02. The minimum atomic E-state index is -0.739. The summed E-state index contributed by atoms with van der Waals surface area (Å²) in [5.74, 6) is 0.798. The molecule has 3 atom stereocenters. The summed E-state index contributed by atoms with van der Waals surface area (Å²) in [7, 11) is 0. The second-order valence-electron chi connectivity index (χ2n) is 7.62. The average Bonchev–Trinajstić information content (AvgIpc) is 2.11. The molecule has 102 valence electrons. The lowest BCUT2D eigenvalue weighted by Crippen LogP contribution is -2.57. The van der Waals surface area contributed by atoms with Crippen LogP contribution < -0.4 is 0 Å². The number of aliphatic hydroxyl groups is 2. The zero-order valence-corrected chi connectivity index (χ0v) is 12.4. The SMILES string of the molecule is CC1CC(C)(C)CC(O)(C(C)(CO)C(C)C)C1. The Bertz CT molecular complexity index is 272. The van der Waals surface area contributed by atoms with Crippen molar-refractivity contribution in [3.05, 3.63) is 0 Å². The number of rotatable bonds is 3. The summed E-state index contributed by atoms with van der Waals surface area (Å²) in [4.78, 5) is 0. The minimum Gasteiger partial charge on any atom is -0.396 e. The van der Waals surface area contributed by atoms with Gasteiger partial charge in [-0.15, -0.1) is 0 Å². The van der Waals surface area contributed by atoms with E-state index in [-0.39, 0.29) is 17.9 Å². The molecular weight excluding hydrogens is 212 g/mol. The second-order valence-corrected chi connectivity index (χ2v) is 7.62. The Morgan fingerprint density at radius 1 is 1.29 bits per heavy atom. The Morgan fingerprint density at radius 3 is 2.18 bits per heavy atom. The highest BCUT2D eigenvalue weighted by atomic mass is 16.3. The van der Waals surface area contributed by atoms with Crippen LogP contribution in [0, 0.1) is 22.7 Å². The van der Waals surface area contributed by atoms with Gasteiger partial charge in [0.25, 0.3) is 0 Å². The van der Waals surface area contributed by atoms with E-state index in [1.54, 1.807) is 0 Å². The van der Waals surface area contributed by atoms with E-state index in [2.05, 4.69) is 34.6 Å². The molecule has 0 radical (unpaired) electrons. The van der Waals surface area contributed by atoms with Gasteiger partial charge in [0.05, 0.1) is 12.2 Å². The van der Waals surface area contributed by atoms with E-state index in [0.29, 0.717) is 5.92 Å². The van der Waals surface area contributed by atoms with E-state index in [9.17, 15) is 10.2 Å². The van der Waals surface area contributed by atoms with Crippen LogP contribution in [0.15, 0.2) is 0 Å². The van der Waals surface area contributed by atoms with Crippen molar-refractivity contribution in [2.24, 2.45) is 22.7 Å². The predicted octanol–water partition coefficient (Wildman–Crippen LogP) is 3.22. The fourth-order valence-corrected chi connectivity index (χ4v) is 3.83. The Hall–Kier alpha value is -0.0800. The smallest absolute Gasteiger partial charge is 0.0733 e. The highest BCUT2D eigenvalue weighted by Crippen LogP contribution is 2.53. The Morgan fingerprint density at radius 2 is 1.82 bits per heavy atom. The molecule has 0 aliphatic heterocycles. The van der Waals surface area contributed by atoms with Gasteiger partial charge >= 0.3 is 0 Å². The van der Waals surface area contributed by atoms with Gasteiger partial charge in [-0.25, -0.2) is 0 Å². The molecule has 2 heteroatoms. The Labute approximate surface area is 106 Å². The molecule has 17 heavy (non-hydrogen) atoms. The molecule has 0 spiro atoms. The fraction of sp³-hybridized carbons (Fsp3) is 1.00. The van der Waals surface area contributed by atoms with Gasteiger partial charge in [0.15, 0.2) is 0 Å². The van der Waals surface area contributed by atoms with E-state index in [1.807, 2.05) is 6.92 Å². The van der Waals surface area contributed by atoms with Crippen LogP contribution in [0.2, 0.25) is 0 Å². The molecule has 1 rings (SSSR count). The maximum absolute atomic E-state index is 11.1. The summed E-state index contributed by atoms with van der Waals surface area (Å²) < 4.78 is 0. The molecule has 0 bridgehead atoms. The predicted molar refractivity (Wildman–Crippen MR) is 71.8 cm³/mol. The normalized spacial score (nSPS) is 36.9. The van der Waals surface area contributed by atoms with Gasteiger partial charge in [0.2, 0.25) is 0 Å². The molecule has 1 aliphatic carbocycles. The Kier molecular flexibility index (Phi) is 4.01. The van der Waals surface area contributed by atoms with Crippen molar-refractivity contribution in [1.82, 2.24) is 0 Å². The second kappa shape index (κ2) is 4.55. The molecule has 0 heterocycles. The first-order valence-corrected chi connectivity index (χ1v) is 6.89. The van der Waals surface area contributed by atoms with Crippen LogP contribution in [-0.2, 0) is 0 Å². The van der Waals surface area contributed by atoms with Crippen LogP contribution >= 0.6 is 0 Å². The van der Waals surface area contributed by atoms with Crippen molar-refractivity contribution in [2.75, 3.05) is 6.61 Å². The summed E-state index contributed by atoms with van der Waals surface area (Å²) >= 11 is 0. The van der Waals surface area contributed by atoms with Gasteiger partial charge < -0.3 is 10.2 Å². The third-order valence-corrected chi connectivity index (χ3v) is 5.02. The molecule has 3 unspecified atom stereocenters. The molecule has 0 saturated heterocycles.